The summed E-state index contributed by atoms with van der Waals surface area (Å²) in [4.78, 5) is 36.2. The van der Waals surface area contributed by atoms with Crippen LogP contribution in [-0.4, -0.2) is 67.4 Å². The van der Waals surface area contributed by atoms with Gasteiger partial charge in [-0.05, 0) is 131 Å². The van der Waals surface area contributed by atoms with Crippen molar-refractivity contribution in [2.45, 2.75) is 128 Å². The summed E-state index contributed by atoms with van der Waals surface area (Å²) < 4.78 is 16.9. The van der Waals surface area contributed by atoms with Crippen molar-refractivity contribution < 1.29 is 39.2 Å². The normalized spacial score (nSPS) is 50.1. The van der Waals surface area contributed by atoms with Crippen LogP contribution in [0, 0.1) is 70.0 Å². The predicted octanol–water partition coefficient (Wildman–Crippen LogP) is 5.94. The van der Waals surface area contributed by atoms with Gasteiger partial charge < -0.3 is 20.4 Å². The van der Waals surface area contributed by atoms with E-state index in [0.717, 1.165) is 44.9 Å². The highest BCUT2D eigenvalue weighted by atomic mass is 19.1. The van der Waals surface area contributed by atoms with Crippen molar-refractivity contribution in [3.8, 4) is 12.3 Å². The molecule has 0 spiro atoms. The number of hydrogen-bond donors (Lipinski definition) is 4. The van der Waals surface area contributed by atoms with Crippen LogP contribution >= 0.6 is 0 Å². The fourth-order valence-corrected chi connectivity index (χ4v) is 14.2. The number of carbonyl (C=O) groups excluding carboxylic acids is 3. The Morgan fingerprint density at radius 2 is 1.79 bits per heavy atom. The van der Waals surface area contributed by atoms with E-state index in [9.17, 15) is 34.8 Å². The first kappa shape index (κ1) is 37.6. The molecule has 282 valence electrons. The summed E-state index contributed by atoms with van der Waals surface area (Å²) in [5.41, 5.74) is -3.69. The lowest BCUT2D eigenvalue weighted by Crippen LogP contribution is -2.69. The standard InChI is InChI=1S/C22H29FO5.C22H28O2/c1-12-8-16-15-5-4-13-9-14(25)6-7-19(13,2)21(15,23)17(26)10-20(16,3)22(12,28)18(27)11-24;1-4-21-13-14(3)20-17-9-7-16(23)12-15(17)6-8-18(20)19(21)10-11-22(21,24)5-2/h6-7,9,12,15-17,24,26,28H,4-5,8,10-11H2,1-3H3;2,12,17-20,24H,3-4,6-11,13H2,1H3/t12-,15+,16+,17+,19+,20+,21+,22+;17-,18-,19-,20+,21-,22-/m10/s1. The van der Waals surface area contributed by atoms with Gasteiger partial charge in [0.15, 0.2) is 23.0 Å². The van der Waals surface area contributed by atoms with E-state index in [0.29, 0.717) is 60.7 Å². The van der Waals surface area contributed by atoms with Crippen molar-refractivity contribution in [2.24, 2.45) is 57.7 Å². The maximum atomic E-state index is 16.9. The first-order valence-corrected chi connectivity index (χ1v) is 19.7. The van der Waals surface area contributed by atoms with Gasteiger partial charge in [0.05, 0.1) is 6.10 Å². The van der Waals surface area contributed by atoms with Crippen LogP contribution in [0.15, 0.2) is 47.6 Å². The van der Waals surface area contributed by atoms with Gasteiger partial charge in [0, 0.05) is 28.6 Å². The highest BCUT2D eigenvalue weighted by molar-refractivity contribution is 6.01. The number of ketones is 3. The first-order valence-electron chi connectivity index (χ1n) is 19.7. The van der Waals surface area contributed by atoms with E-state index in [1.54, 1.807) is 26.8 Å². The molecule has 0 aromatic rings. The molecule has 0 aliphatic heterocycles. The molecule has 6 fully saturated rings. The largest absolute Gasteiger partial charge is 0.390 e. The Morgan fingerprint density at radius 1 is 1.06 bits per heavy atom. The van der Waals surface area contributed by atoms with Crippen LogP contribution in [0.2, 0.25) is 0 Å². The number of aliphatic hydroxyl groups excluding tert-OH is 2. The van der Waals surface area contributed by atoms with E-state index in [2.05, 4.69) is 19.4 Å². The van der Waals surface area contributed by atoms with Crippen molar-refractivity contribution in [3.63, 3.8) is 0 Å². The van der Waals surface area contributed by atoms with Crippen LogP contribution in [0.1, 0.15) is 105 Å². The third kappa shape index (κ3) is 4.67. The molecular weight excluding hydrogens is 659 g/mol. The number of Topliss-reactive ketones (excluding diaryl/α,β-unsaturated/α-hetero) is 1. The van der Waals surface area contributed by atoms with Crippen LogP contribution in [0.25, 0.3) is 0 Å². The third-order valence-corrected chi connectivity index (χ3v) is 16.7. The van der Waals surface area contributed by atoms with Crippen LogP contribution in [-0.2, 0) is 14.4 Å². The molecule has 14 atom stereocenters. The molecule has 8 aliphatic carbocycles. The molecule has 7 nitrogen and oxygen atoms in total. The van der Waals surface area contributed by atoms with E-state index < -0.39 is 58.0 Å². The maximum absolute atomic E-state index is 16.9. The second-order valence-electron chi connectivity index (χ2n) is 18.3. The van der Waals surface area contributed by atoms with Crippen molar-refractivity contribution in [3.05, 3.63) is 47.6 Å². The minimum Gasteiger partial charge on any atom is -0.390 e. The zero-order valence-corrected chi connectivity index (χ0v) is 31.3. The molecule has 0 unspecified atom stereocenters. The highest BCUT2D eigenvalue weighted by Gasteiger charge is 2.75. The Balaban J connectivity index is 0.000000164. The average Bonchev–Trinajstić information content (AvgIpc) is 3.52. The first-order chi connectivity index (χ1) is 24.4. The number of allylic oxidation sites excluding steroid dienone is 6. The lowest BCUT2D eigenvalue weighted by atomic mass is 9.44. The number of rotatable bonds is 3. The van der Waals surface area contributed by atoms with Crippen molar-refractivity contribution in [1.29, 1.82) is 0 Å². The van der Waals surface area contributed by atoms with Crippen LogP contribution < -0.4 is 0 Å². The monoisotopic (exact) mass is 716 g/mol. The topological polar surface area (TPSA) is 132 Å². The maximum Gasteiger partial charge on any atom is 0.190 e. The second kappa shape index (κ2) is 12.4. The van der Waals surface area contributed by atoms with Gasteiger partial charge in [0.1, 0.15) is 17.8 Å². The Kier molecular flexibility index (Phi) is 8.98. The zero-order valence-electron chi connectivity index (χ0n) is 31.3. The zero-order chi connectivity index (χ0) is 37.8. The van der Waals surface area contributed by atoms with E-state index in [1.165, 1.54) is 23.3 Å². The van der Waals surface area contributed by atoms with Crippen molar-refractivity contribution in [1.82, 2.24) is 0 Å². The summed E-state index contributed by atoms with van der Waals surface area (Å²) >= 11 is 0. The molecule has 0 aromatic carbocycles. The Bertz CT molecular complexity index is 1720. The summed E-state index contributed by atoms with van der Waals surface area (Å²) in [6.07, 6.45) is 19.5. The number of fused-ring (bicyclic) bond motifs is 10. The molecule has 4 N–H and O–H groups in total. The fraction of sp³-hybridized carbons (Fsp3) is 0.705. The lowest BCUT2D eigenvalue weighted by molar-refractivity contribution is -0.219. The number of hydrogen-bond acceptors (Lipinski definition) is 7. The van der Waals surface area contributed by atoms with E-state index in [4.69, 9.17) is 6.42 Å². The average molecular weight is 717 g/mol. The molecule has 6 saturated carbocycles. The molecule has 0 aromatic heterocycles. The van der Waals surface area contributed by atoms with Crippen molar-refractivity contribution in [2.75, 3.05) is 6.61 Å². The van der Waals surface area contributed by atoms with Crippen LogP contribution in [0.4, 0.5) is 4.39 Å². The van der Waals surface area contributed by atoms with E-state index in [1.807, 2.05) is 6.08 Å². The highest BCUT2D eigenvalue weighted by Crippen LogP contribution is 2.71. The van der Waals surface area contributed by atoms with Gasteiger partial charge in [-0.1, -0.05) is 56.1 Å². The second-order valence-corrected chi connectivity index (χ2v) is 18.3. The molecule has 0 saturated heterocycles. The number of halogens is 1. The molecule has 52 heavy (non-hydrogen) atoms. The minimum absolute atomic E-state index is 0.0676. The van der Waals surface area contributed by atoms with Gasteiger partial charge in [-0.25, -0.2) is 4.39 Å². The van der Waals surface area contributed by atoms with Gasteiger partial charge >= 0.3 is 0 Å². The van der Waals surface area contributed by atoms with Crippen LogP contribution in [0.5, 0.6) is 0 Å². The van der Waals surface area contributed by atoms with Gasteiger partial charge in [-0.2, -0.15) is 0 Å². The molecule has 0 bridgehead atoms. The SMILES string of the molecule is C#C[C@]1(O)CC[C@H]2[C@@H]3CCC4=CC(=O)CC[C@@H]4[C@H]3C(=C)C[C@@]21CC.C[C@@H]1C[C@H]2[C@@H]3CCC4=CC(=O)C=C[C@]4(C)[C@@]3(F)[C@@H](O)C[C@]2(C)[C@@]1(O)C(=O)CO. The Hall–Kier alpha value is -2.70. The minimum atomic E-state index is -1.98. The number of terminal acetylenes is 1. The summed E-state index contributed by atoms with van der Waals surface area (Å²) in [6.45, 7) is 11.1. The number of carbonyl (C=O) groups is 3. The molecule has 0 amide bonds. The summed E-state index contributed by atoms with van der Waals surface area (Å²) in [5.74, 6) is 3.01. The molecule has 8 rings (SSSR count). The summed E-state index contributed by atoms with van der Waals surface area (Å²) in [6, 6.07) is 0. The smallest absolute Gasteiger partial charge is 0.190 e. The Morgan fingerprint density at radius 3 is 2.46 bits per heavy atom. The van der Waals surface area contributed by atoms with Gasteiger partial charge in [-0.3, -0.25) is 14.4 Å². The third-order valence-electron chi connectivity index (χ3n) is 16.7. The molecule has 0 heterocycles. The Labute approximate surface area is 307 Å². The molecule has 8 aliphatic rings. The lowest BCUT2D eigenvalue weighted by Gasteiger charge is -2.62. The fourth-order valence-electron chi connectivity index (χ4n) is 14.2. The predicted molar refractivity (Wildman–Crippen MR) is 195 cm³/mol. The molecule has 8 heteroatoms. The summed E-state index contributed by atoms with van der Waals surface area (Å²) in [7, 11) is 0. The van der Waals surface area contributed by atoms with E-state index in [-0.39, 0.29) is 23.5 Å². The summed E-state index contributed by atoms with van der Waals surface area (Å²) in [5, 5.41) is 43.2. The van der Waals surface area contributed by atoms with Crippen molar-refractivity contribution >= 4 is 17.3 Å². The van der Waals surface area contributed by atoms with Crippen LogP contribution in [0.3, 0.4) is 0 Å². The van der Waals surface area contributed by atoms with Gasteiger partial charge in [0.2, 0.25) is 0 Å². The molecular formula is C44H57FO7. The number of aliphatic hydroxyl groups is 4. The quantitative estimate of drug-likeness (QED) is 0.210. The van der Waals surface area contributed by atoms with E-state index >= 15 is 4.39 Å². The van der Waals surface area contributed by atoms with Gasteiger partial charge in [-0.15, -0.1) is 6.42 Å². The molecule has 0 radical (unpaired) electrons. The number of alkyl halides is 1. The van der Waals surface area contributed by atoms with Gasteiger partial charge in [0.25, 0.3) is 0 Å².